The Morgan fingerprint density at radius 2 is 1.92 bits per heavy atom. The number of likely N-dealkylation sites (tertiary alicyclic amines) is 1. The maximum absolute atomic E-state index is 14.0. The van der Waals surface area contributed by atoms with Gasteiger partial charge in [-0.05, 0) is 26.3 Å². The van der Waals surface area contributed by atoms with Crippen molar-refractivity contribution in [3.8, 4) is 0 Å². The van der Waals surface area contributed by atoms with Gasteiger partial charge in [-0.3, -0.25) is 0 Å². The van der Waals surface area contributed by atoms with Gasteiger partial charge in [0.05, 0.1) is 12.6 Å². The van der Waals surface area contributed by atoms with Gasteiger partial charge in [0.2, 0.25) is 0 Å². The summed E-state index contributed by atoms with van der Waals surface area (Å²) in [6.45, 7) is 5.23. The number of alkyl halides is 1. The summed E-state index contributed by atoms with van der Waals surface area (Å²) in [5, 5.41) is 2.46. The van der Waals surface area contributed by atoms with Crippen molar-refractivity contribution in [1.29, 1.82) is 0 Å². The summed E-state index contributed by atoms with van der Waals surface area (Å²) in [7, 11) is 0. The molecule has 1 aliphatic heterocycles. The molecule has 0 spiro atoms. The number of alkyl carbamates (subject to hydrolysis) is 1. The minimum atomic E-state index is -1.36. The highest BCUT2D eigenvalue weighted by Crippen LogP contribution is 2.16. The van der Waals surface area contributed by atoms with Gasteiger partial charge in [0.25, 0.3) is 0 Å². The first-order valence-electron chi connectivity index (χ1n) is 7.84. The summed E-state index contributed by atoms with van der Waals surface area (Å²) in [6, 6.07) is 8.43. The van der Waals surface area contributed by atoms with Crippen LogP contribution in [-0.4, -0.2) is 48.0 Å². The number of nitrogens with one attached hydrogen (secondary N) is 1. The Bertz CT molecular complexity index is 574. The number of carbonyl (C=O) groups is 2. The van der Waals surface area contributed by atoms with E-state index >= 15 is 0 Å². The Morgan fingerprint density at radius 3 is 2.54 bits per heavy atom. The van der Waals surface area contributed by atoms with E-state index in [-0.39, 0.29) is 19.7 Å². The average Bonchev–Trinajstić information content (AvgIpc) is 2.85. The van der Waals surface area contributed by atoms with Crippen LogP contribution >= 0.6 is 0 Å². The molecular weight excluding hydrogens is 315 g/mol. The number of benzene rings is 1. The molecule has 0 bridgehead atoms. The van der Waals surface area contributed by atoms with E-state index in [1.165, 1.54) is 4.90 Å². The first-order chi connectivity index (χ1) is 11.2. The predicted octanol–water partition coefficient (Wildman–Crippen LogP) is 2.87. The third-order valence-electron chi connectivity index (χ3n) is 3.41. The highest BCUT2D eigenvalue weighted by Gasteiger charge is 2.37. The Balaban J connectivity index is 1.81. The molecular formula is C17H23FN2O4. The van der Waals surface area contributed by atoms with E-state index in [2.05, 4.69) is 5.32 Å². The molecule has 1 aliphatic rings. The monoisotopic (exact) mass is 338 g/mol. The second-order valence-electron chi connectivity index (χ2n) is 6.71. The minimum Gasteiger partial charge on any atom is -0.445 e. The molecule has 0 unspecified atom stereocenters. The van der Waals surface area contributed by atoms with E-state index in [9.17, 15) is 14.0 Å². The SMILES string of the molecule is CC(C)(C)OC(=O)N[C@@H]1CN(C(=O)OCc2ccccc2)C[C@@H]1F. The van der Waals surface area contributed by atoms with Crippen molar-refractivity contribution in [3.63, 3.8) is 0 Å². The number of rotatable bonds is 3. The molecule has 132 valence electrons. The zero-order valence-corrected chi connectivity index (χ0v) is 14.1. The maximum Gasteiger partial charge on any atom is 0.410 e. The molecule has 6 nitrogen and oxygen atoms in total. The molecule has 2 rings (SSSR count). The molecule has 1 fully saturated rings. The first-order valence-corrected chi connectivity index (χ1v) is 7.84. The summed E-state index contributed by atoms with van der Waals surface area (Å²) in [4.78, 5) is 25.0. The van der Waals surface area contributed by atoms with E-state index < -0.39 is 30.0 Å². The first kappa shape index (κ1) is 18.0. The van der Waals surface area contributed by atoms with Crippen LogP contribution in [-0.2, 0) is 16.1 Å². The number of halogens is 1. The minimum absolute atomic E-state index is 0.0496. The zero-order valence-electron chi connectivity index (χ0n) is 14.1. The van der Waals surface area contributed by atoms with Crippen molar-refractivity contribution in [2.45, 2.75) is 45.2 Å². The lowest BCUT2D eigenvalue weighted by Crippen LogP contribution is -2.44. The molecule has 24 heavy (non-hydrogen) atoms. The second kappa shape index (κ2) is 7.51. The van der Waals surface area contributed by atoms with E-state index in [1.54, 1.807) is 20.8 Å². The van der Waals surface area contributed by atoms with E-state index in [1.807, 2.05) is 30.3 Å². The number of amides is 2. The largest absolute Gasteiger partial charge is 0.445 e. The second-order valence-corrected chi connectivity index (χ2v) is 6.71. The van der Waals surface area contributed by atoms with Crippen molar-refractivity contribution < 1.29 is 23.5 Å². The fourth-order valence-electron chi connectivity index (χ4n) is 2.32. The number of hydrogen-bond donors (Lipinski definition) is 1. The molecule has 1 aromatic rings. The summed E-state index contributed by atoms with van der Waals surface area (Å²) >= 11 is 0. The van der Waals surface area contributed by atoms with Gasteiger partial charge in [-0.25, -0.2) is 14.0 Å². The molecule has 1 saturated heterocycles. The number of ether oxygens (including phenoxy) is 2. The molecule has 1 N–H and O–H groups in total. The lowest BCUT2D eigenvalue weighted by atomic mass is 10.2. The van der Waals surface area contributed by atoms with Gasteiger partial charge in [-0.2, -0.15) is 0 Å². The van der Waals surface area contributed by atoms with Gasteiger partial charge in [0.1, 0.15) is 18.4 Å². The van der Waals surface area contributed by atoms with Gasteiger partial charge >= 0.3 is 12.2 Å². The number of hydrogen-bond acceptors (Lipinski definition) is 4. The normalized spacial score (nSPS) is 20.6. The highest BCUT2D eigenvalue weighted by atomic mass is 19.1. The maximum atomic E-state index is 14.0. The van der Waals surface area contributed by atoms with Gasteiger partial charge in [0, 0.05) is 6.54 Å². The van der Waals surface area contributed by atoms with Crippen LogP contribution in [0.2, 0.25) is 0 Å². The van der Waals surface area contributed by atoms with E-state index in [0.29, 0.717) is 0 Å². The third kappa shape index (κ3) is 5.40. The lowest BCUT2D eigenvalue weighted by Gasteiger charge is -2.22. The number of carbonyl (C=O) groups excluding carboxylic acids is 2. The fourth-order valence-corrected chi connectivity index (χ4v) is 2.32. The highest BCUT2D eigenvalue weighted by molar-refractivity contribution is 5.70. The molecule has 2 amide bonds. The zero-order chi connectivity index (χ0) is 17.7. The van der Waals surface area contributed by atoms with Gasteiger partial charge in [-0.15, -0.1) is 0 Å². The van der Waals surface area contributed by atoms with Crippen LogP contribution in [0.5, 0.6) is 0 Å². The number of nitrogens with zero attached hydrogens (tertiary/aromatic N) is 1. The Morgan fingerprint density at radius 1 is 1.25 bits per heavy atom. The van der Waals surface area contributed by atoms with E-state index in [0.717, 1.165) is 5.56 Å². The fraction of sp³-hybridized carbons (Fsp3) is 0.529. The van der Waals surface area contributed by atoms with Crippen LogP contribution in [0.3, 0.4) is 0 Å². The van der Waals surface area contributed by atoms with Gasteiger partial charge in [-0.1, -0.05) is 30.3 Å². The smallest absolute Gasteiger partial charge is 0.410 e. The quantitative estimate of drug-likeness (QED) is 0.920. The Hall–Kier alpha value is -2.31. The molecule has 7 heteroatoms. The van der Waals surface area contributed by atoms with Gasteiger partial charge < -0.3 is 19.7 Å². The predicted molar refractivity (Wildman–Crippen MR) is 86.3 cm³/mol. The van der Waals surface area contributed by atoms with Crippen LogP contribution in [0.4, 0.5) is 14.0 Å². The topological polar surface area (TPSA) is 67.9 Å². The molecule has 0 radical (unpaired) electrons. The molecule has 1 aromatic carbocycles. The standard InChI is InChI=1S/C17H23FN2O4/c1-17(2,3)24-15(21)19-14-10-20(9-13(14)18)16(22)23-11-12-7-5-4-6-8-12/h4-8,13-14H,9-11H2,1-3H3,(H,19,21)/t13-,14+/m0/s1. The van der Waals surface area contributed by atoms with Crippen LogP contribution in [0.15, 0.2) is 30.3 Å². The Kier molecular flexibility index (Phi) is 5.64. The van der Waals surface area contributed by atoms with Crippen LogP contribution < -0.4 is 5.32 Å². The average molecular weight is 338 g/mol. The van der Waals surface area contributed by atoms with Crippen molar-refractivity contribution in [3.05, 3.63) is 35.9 Å². The molecule has 1 heterocycles. The molecule has 2 atom stereocenters. The van der Waals surface area contributed by atoms with Crippen molar-refractivity contribution in [2.24, 2.45) is 0 Å². The van der Waals surface area contributed by atoms with Gasteiger partial charge in [0.15, 0.2) is 0 Å². The summed E-state index contributed by atoms with van der Waals surface area (Å²) < 4.78 is 24.3. The Labute approximate surface area is 140 Å². The van der Waals surface area contributed by atoms with Crippen LogP contribution in [0.1, 0.15) is 26.3 Å². The third-order valence-corrected chi connectivity index (χ3v) is 3.41. The molecule has 0 aromatic heterocycles. The summed E-state index contributed by atoms with van der Waals surface area (Å²) in [6.07, 6.45) is -2.66. The van der Waals surface area contributed by atoms with Crippen molar-refractivity contribution >= 4 is 12.2 Å². The van der Waals surface area contributed by atoms with E-state index in [4.69, 9.17) is 9.47 Å². The summed E-state index contributed by atoms with van der Waals surface area (Å²) in [5.74, 6) is 0. The molecule has 0 aliphatic carbocycles. The van der Waals surface area contributed by atoms with Crippen LogP contribution in [0, 0.1) is 0 Å². The van der Waals surface area contributed by atoms with Crippen molar-refractivity contribution in [1.82, 2.24) is 10.2 Å². The van der Waals surface area contributed by atoms with Crippen LogP contribution in [0.25, 0.3) is 0 Å². The molecule has 0 saturated carbocycles. The van der Waals surface area contributed by atoms with Crippen molar-refractivity contribution in [2.75, 3.05) is 13.1 Å². The summed E-state index contributed by atoms with van der Waals surface area (Å²) in [5.41, 5.74) is 0.188. The lowest BCUT2D eigenvalue weighted by molar-refractivity contribution is 0.0487.